The van der Waals surface area contributed by atoms with Crippen molar-refractivity contribution < 1.29 is 24.2 Å². The number of aromatic carboxylic acids is 1. The van der Waals surface area contributed by atoms with Gasteiger partial charge in [0.1, 0.15) is 0 Å². The summed E-state index contributed by atoms with van der Waals surface area (Å²) >= 11 is 0. The van der Waals surface area contributed by atoms with E-state index in [1.807, 2.05) is 4.90 Å². The zero-order valence-electron chi connectivity index (χ0n) is 13.6. The van der Waals surface area contributed by atoms with Gasteiger partial charge in [0.2, 0.25) is 0 Å². The van der Waals surface area contributed by atoms with E-state index in [1.165, 1.54) is 12.1 Å². The van der Waals surface area contributed by atoms with Crippen molar-refractivity contribution in [1.82, 2.24) is 4.90 Å². The molecule has 1 aromatic rings. The quantitative estimate of drug-likeness (QED) is 0.914. The number of carboxylic acids is 1. The summed E-state index contributed by atoms with van der Waals surface area (Å²) in [4.78, 5) is 25.2. The van der Waals surface area contributed by atoms with Crippen molar-refractivity contribution in [2.75, 3.05) is 26.3 Å². The molecule has 0 radical (unpaired) electrons. The molecular weight excluding hydrogens is 310 g/mol. The predicted octanol–water partition coefficient (Wildman–Crippen LogP) is 2.19. The van der Waals surface area contributed by atoms with Gasteiger partial charge in [-0.1, -0.05) is 0 Å². The van der Waals surface area contributed by atoms with Crippen molar-refractivity contribution >= 4 is 11.9 Å². The van der Waals surface area contributed by atoms with Gasteiger partial charge in [-0.2, -0.15) is 0 Å². The van der Waals surface area contributed by atoms with Crippen molar-refractivity contribution in [2.45, 2.75) is 37.9 Å². The number of likely N-dealkylation sites (tertiary alicyclic amines) is 1. The highest BCUT2D eigenvalue weighted by molar-refractivity contribution is 5.95. The number of hydrogen-bond acceptors (Lipinski definition) is 4. The Balaban J connectivity index is 1.50. The van der Waals surface area contributed by atoms with Gasteiger partial charge in [-0.05, 0) is 49.9 Å². The molecule has 0 unspecified atom stereocenters. The summed E-state index contributed by atoms with van der Waals surface area (Å²) in [6.45, 7) is 2.89. The average molecular weight is 333 g/mol. The molecule has 2 fully saturated rings. The number of ether oxygens (including phenoxy) is 2. The number of carboxylic acid groups (broad SMARTS) is 1. The molecule has 24 heavy (non-hydrogen) atoms. The number of amides is 1. The second-order valence-corrected chi connectivity index (χ2v) is 6.32. The van der Waals surface area contributed by atoms with E-state index in [-0.39, 0.29) is 23.7 Å². The highest BCUT2D eigenvalue weighted by Crippen LogP contribution is 2.21. The van der Waals surface area contributed by atoms with Crippen LogP contribution in [0.2, 0.25) is 0 Å². The molecule has 0 bridgehead atoms. The van der Waals surface area contributed by atoms with Crippen LogP contribution in [-0.2, 0) is 9.47 Å². The van der Waals surface area contributed by atoms with Crippen molar-refractivity contribution in [3.63, 3.8) is 0 Å². The number of hydrogen-bond donors (Lipinski definition) is 1. The van der Waals surface area contributed by atoms with Crippen LogP contribution in [-0.4, -0.2) is 60.4 Å². The number of rotatable bonds is 4. The lowest BCUT2D eigenvalue weighted by Gasteiger charge is -2.35. The SMILES string of the molecule is O=C(O)c1ccc(C(=O)N2CCC(OC3CCOCC3)CC2)cc1. The molecule has 0 aromatic heterocycles. The van der Waals surface area contributed by atoms with Crippen LogP contribution < -0.4 is 0 Å². The number of benzene rings is 1. The molecule has 3 rings (SSSR count). The van der Waals surface area contributed by atoms with Crippen LogP contribution in [0.15, 0.2) is 24.3 Å². The largest absolute Gasteiger partial charge is 0.478 e. The number of carbonyl (C=O) groups excluding carboxylic acids is 1. The first-order valence-electron chi connectivity index (χ1n) is 8.49. The van der Waals surface area contributed by atoms with Crippen molar-refractivity contribution in [1.29, 1.82) is 0 Å². The first kappa shape index (κ1) is 16.9. The highest BCUT2D eigenvalue weighted by Gasteiger charge is 2.26. The molecule has 1 amide bonds. The molecule has 0 aliphatic carbocycles. The molecule has 6 heteroatoms. The van der Waals surface area contributed by atoms with Crippen LogP contribution >= 0.6 is 0 Å². The molecule has 2 heterocycles. The Labute approximate surface area is 141 Å². The molecule has 1 aromatic carbocycles. The monoisotopic (exact) mass is 333 g/mol. The molecule has 0 spiro atoms. The Morgan fingerprint density at radius 1 is 0.958 bits per heavy atom. The van der Waals surface area contributed by atoms with E-state index >= 15 is 0 Å². The fraction of sp³-hybridized carbons (Fsp3) is 0.556. The van der Waals surface area contributed by atoms with Crippen LogP contribution in [0.3, 0.4) is 0 Å². The van der Waals surface area contributed by atoms with Crippen LogP contribution in [0, 0.1) is 0 Å². The van der Waals surface area contributed by atoms with E-state index in [4.69, 9.17) is 14.6 Å². The number of nitrogens with zero attached hydrogens (tertiary/aromatic N) is 1. The van der Waals surface area contributed by atoms with E-state index in [0.717, 1.165) is 38.9 Å². The van der Waals surface area contributed by atoms with E-state index in [1.54, 1.807) is 12.1 Å². The van der Waals surface area contributed by atoms with Crippen LogP contribution in [0.25, 0.3) is 0 Å². The topological polar surface area (TPSA) is 76.1 Å². The van der Waals surface area contributed by atoms with Gasteiger partial charge in [0.25, 0.3) is 5.91 Å². The third-order valence-electron chi connectivity index (χ3n) is 4.66. The first-order valence-corrected chi connectivity index (χ1v) is 8.49. The van der Waals surface area contributed by atoms with Gasteiger partial charge in [0, 0.05) is 31.9 Å². The van der Waals surface area contributed by atoms with E-state index in [2.05, 4.69) is 0 Å². The third kappa shape index (κ3) is 4.13. The minimum Gasteiger partial charge on any atom is -0.478 e. The number of piperidine rings is 1. The summed E-state index contributed by atoms with van der Waals surface area (Å²) in [5.41, 5.74) is 0.721. The van der Waals surface area contributed by atoms with Gasteiger partial charge in [0.05, 0.1) is 17.8 Å². The summed E-state index contributed by atoms with van der Waals surface area (Å²) in [5, 5.41) is 8.91. The maximum absolute atomic E-state index is 12.5. The average Bonchev–Trinajstić information content (AvgIpc) is 2.63. The molecule has 0 saturated carbocycles. The minimum absolute atomic E-state index is 0.0449. The zero-order chi connectivity index (χ0) is 16.9. The van der Waals surface area contributed by atoms with Crippen LogP contribution in [0.5, 0.6) is 0 Å². The van der Waals surface area contributed by atoms with Gasteiger partial charge in [0.15, 0.2) is 0 Å². The van der Waals surface area contributed by atoms with E-state index < -0.39 is 5.97 Å². The molecular formula is C18H23NO5. The summed E-state index contributed by atoms with van der Waals surface area (Å²) in [6.07, 6.45) is 4.10. The van der Waals surface area contributed by atoms with E-state index in [0.29, 0.717) is 18.7 Å². The number of carbonyl (C=O) groups is 2. The Hall–Kier alpha value is -1.92. The summed E-state index contributed by atoms with van der Waals surface area (Å²) in [6, 6.07) is 6.10. The maximum Gasteiger partial charge on any atom is 0.335 e. The highest BCUT2D eigenvalue weighted by atomic mass is 16.5. The normalized spacial score (nSPS) is 20.1. The van der Waals surface area contributed by atoms with Gasteiger partial charge >= 0.3 is 5.97 Å². The lowest BCUT2D eigenvalue weighted by Crippen LogP contribution is -2.42. The summed E-state index contributed by atoms with van der Waals surface area (Å²) < 4.78 is 11.5. The Kier molecular flexibility index (Phi) is 5.48. The maximum atomic E-state index is 12.5. The Bertz CT molecular complexity index is 572. The fourth-order valence-electron chi connectivity index (χ4n) is 3.22. The van der Waals surface area contributed by atoms with E-state index in [9.17, 15) is 9.59 Å². The zero-order valence-corrected chi connectivity index (χ0v) is 13.6. The van der Waals surface area contributed by atoms with Gasteiger partial charge < -0.3 is 19.5 Å². The fourth-order valence-corrected chi connectivity index (χ4v) is 3.22. The molecule has 0 atom stereocenters. The second-order valence-electron chi connectivity index (χ2n) is 6.32. The van der Waals surface area contributed by atoms with Gasteiger partial charge in [-0.25, -0.2) is 4.79 Å². The van der Waals surface area contributed by atoms with Crippen molar-refractivity contribution in [3.8, 4) is 0 Å². The van der Waals surface area contributed by atoms with Gasteiger partial charge in [-0.15, -0.1) is 0 Å². The minimum atomic E-state index is -0.986. The predicted molar refractivity (Wildman–Crippen MR) is 87.3 cm³/mol. The molecule has 1 N–H and O–H groups in total. The summed E-state index contributed by atoms with van der Waals surface area (Å²) in [7, 11) is 0. The standard InChI is InChI=1S/C18H23NO5/c20-17(13-1-3-14(4-2-13)18(21)22)19-9-5-15(6-10-19)24-16-7-11-23-12-8-16/h1-4,15-16H,5-12H2,(H,21,22). The first-order chi connectivity index (χ1) is 11.6. The molecule has 2 aliphatic heterocycles. The van der Waals surface area contributed by atoms with Crippen molar-refractivity contribution in [3.05, 3.63) is 35.4 Å². The smallest absolute Gasteiger partial charge is 0.335 e. The molecule has 2 saturated heterocycles. The third-order valence-corrected chi connectivity index (χ3v) is 4.66. The summed E-state index contributed by atoms with van der Waals surface area (Å²) in [5.74, 6) is -1.03. The van der Waals surface area contributed by atoms with Crippen LogP contribution in [0.4, 0.5) is 0 Å². The van der Waals surface area contributed by atoms with Crippen LogP contribution in [0.1, 0.15) is 46.4 Å². The molecule has 2 aliphatic rings. The van der Waals surface area contributed by atoms with Gasteiger partial charge in [-0.3, -0.25) is 4.79 Å². The lowest BCUT2D eigenvalue weighted by molar-refractivity contribution is -0.0823. The Morgan fingerprint density at radius 3 is 2.08 bits per heavy atom. The molecule has 6 nitrogen and oxygen atoms in total. The van der Waals surface area contributed by atoms with Crippen molar-refractivity contribution in [2.24, 2.45) is 0 Å². The lowest BCUT2D eigenvalue weighted by atomic mass is 10.0. The molecule has 130 valence electrons. The second kappa shape index (κ2) is 7.77. The Morgan fingerprint density at radius 2 is 1.50 bits per heavy atom.